The average molecular weight is 381 g/mol. The van der Waals surface area contributed by atoms with Gasteiger partial charge in [0, 0.05) is 6.20 Å². The fraction of sp³-hybridized carbons (Fsp3) is 0.0625. The summed E-state index contributed by atoms with van der Waals surface area (Å²) in [5.41, 5.74) is -3.21. The lowest BCUT2D eigenvalue weighted by molar-refractivity contribution is -0.137. The number of aromatic amines is 2. The highest BCUT2D eigenvalue weighted by Gasteiger charge is 2.31. The van der Waals surface area contributed by atoms with Crippen LogP contribution in [0, 0.1) is 0 Å². The molecular weight excluding hydrogens is 371 g/mol. The summed E-state index contributed by atoms with van der Waals surface area (Å²) in [6.07, 6.45) is -4.19. The third-order valence-electron chi connectivity index (χ3n) is 3.42. The Morgan fingerprint density at radius 1 is 1.12 bits per heavy atom. The van der Waals surface area contributed by atoms with E-state index in [9.17, 15) is 27.6 Å². The lowest BCUT2D eigenvalue weighted by Gasteiger charge is -2.09. The molecule has 3 rings (SSSR count). The first-order chi connectivity index (χ1) is 12.3. The van der Waals surface area contributed by atoms with Gasteiger partial charge in [0.25, 0.3) is 17.0 Å². The molecule has 6 nitrogen and oxygen atoms in total. The van der Waals surface area contributed by atoms with Gasteiger partial charge in [-0.15, -0.1) is 11.3 Å². The van der Waals surface area contributed by atoms with Crippen molar-refractivity contribution in [1.29, 1.82) is 0 Å². The summed E-state index contributed by atoms with van der Waals surface area (Å²) in [6, 6.07) is 6.81. The number of amides is 1. The molecule has 10 heteroatoms. The highest BCUT2D eigenvalue weighted by molar-refractivity contribution is 7.13. The summed E-state index contributed by atoms with van der Waals surface area (Å²) in [6.45, 7) is 0. The smallest absolute Gasteiger partial charge is 0.327 e. The summed E-state index contributed by atoms with van der Waals surface area (Å²) < 4.78 is 38.1. The largest absolute Gasteiger partial charge is 0.417 e. The maximum absolute atomic E-state index is 12.7. The van der Waals surface area contributed by atoms with Crippen molar-refractivity contribution >= 4 is 22.9 Å². The van der Waals surface area contributed by atoms with Crippen LogP contribution in [0.4, 0.5) is 18.9 Å². The summed E-state index contributed by atoms with van der Waals surface area (Å²) in [5.74, 6) is -0.992. The molecule has 3 aromatic rings. The molecule has 1 amide bonds. The van der Waals surface area contributed by atoms with Crippen molar-refractivity contribution in [3.8, 4) is 10.6 Å². The van der Waals surface area contributed by atoms with E-state index in [-0.39, 0.29) is 5.56 Å². The Hall–Kier alpha value is -3.14. The van der Waals surface area contributed by atoms with Gasteiger partial charge in [-0.1, -0.05) is 6.07 Å². The second-order valence-electron chi connectivity index (χ2n) is 5.18. The van der Waals surface area contributed by atoms with E-state index >= 15 is 0 Å². The number of anilines is 1. The lowest BCUT2D eigenvalue weighted by Crippen LogP contribution is -2.26. The van der Waals surface area contributed by atoms with Gasteiger partial charge in [0.15, 0.2) is 0 Å². The molecule has 0 atom stereocenters. The van der Waals surface area contributed by atoms with Crippen LogP contribution in [0.25, 0.3) is 10.6 Å². The standard InChI is InChI=1S/C16H10F3N3O3S/c17-16(18,19)8-6-11(15(25)20-7-8)22-14(24)9-3-4-10(21-13(9)23)12-2-1-5-26-12/h1-7H,(H,20,25)(H,21,23)(H,22,24). The van der Waals surface area contributed by atoms with E-state index in [1.54, 1.807) is 12.1 Å². The number of thiophene rings is 1. The van der Waals surface area contributed by atoms with Gasteiger partial charge < -0.3 is 15.3 Å². The maximum atomic E-state index is 12.7. The predicted molar refractivity (Wildman–Crippen MR) is 90.4 cm³/mol. The summed E-state index contributed by atoms with van der Waals surface area (Å²) in [4.78, 5) is 41.1. The van der Waals surface area contributed by atoms with Crippen molar-refractivity contribution in [3.05, 3.63) is 73.7 Å². The zero-order valence-corrected chi connectivity index (χ0v) is 13.6. The third-order valence-corrected chi connectivity index (χ3v) is 4.32. The number of nitrogens with one attached hydrogen (secondary N) is 3. The van der Waals surface area contributed by atoms with E-state index in [0.29, 0.717) is 18.0 Å². The van der Waals surface area contributed by atoms with Crippen molar-refractivity contribution in [3.63, 3.8) is 0 Å². The van der Waals surface area contributed by atoms with Gasteiger partial charge in [0.05, 0.1) is 16.1 Å². The lowest BCUT2D eigenvalue weighted by atomic mass is 10.2. The Morgan fingerprint density at radius 3 is 2.50 bits per heavy atom. The topological polar surface area (TPSA) is 94.8 Å². The highest BCUT2D eigenvalue weighted by Crippen LogP contribution is 2.29. The summed E-state index contributed by atoms with van der Waals surface area (Å²) in [7, 11) is 0. The van der Waals surface area contributed by atoms with Gasteiger partial charge in [-0.25, -0.2) is 0 Å². The Balaban J connectivity index is 1.89. The van der Waals surface area contributed by atoms with E-state index in [4.69, 9.17) is 0 Å². The van der Waals surface area contributed by atoms with Crippen LogP contribution in [0.15, 0.2) is 51.5 Å². The van der Waals surface area contributed by atoms with Crippen LogP contribution in [0.1, 0.15) is 15.9 Å². The molecule has 0 aliphatic carbocycles. The number of alkyl halides is 3. The molecule has 0 aliphatic rings. The van der Waals surface area contributed by atoms with Gasteiger partial charge in [0.1, 0.15) is 11.3 Å². The van der Waals surface area contributed by atoms with Crippen molar-refractivity contribution in [2.45, 2.75) is 6.18 Å². The summed E-state index contributed by atoms with van der Waals surface area (Å²) in [5, 5.41) is 3.85. The highest BCUT2D eigenvalue weighted by atomic mass is 32.1. The number of rotatable bonds is 3. The van der Waals surface area contributed by atoms with E-state index in [1.165, 1.54) is 23.5 Å². The van der Waals surface area contributed by atoms with Crippen LogP contribution in [0.3, 0.4) is 0 Å². The number of hydrogen-bond donors (Lipinski definition) is 3. The molecule has 0 aliphatic heterocycles. The molecule has 0 bridgehead atoms. The zero-order chi connectivity index (χ0) is 18.9. The molecule has 0 unspecified atom stereocenters. The SMILES string of the molecule is O=C(Nc1cc(C(F)(F)F)c[nH]c1=O)c1ccc(-c2cccs2)[nH]c1=O. The van der Waals surface area contributed by atoms with Gasteiger partial charge >= 0.3 is 6.18 Å². The first-order valence-electron chi connectivity index (χ1n) is 7.14. The molecule has 3 heterocycles. The van der Waals surface area contributed by atoms with E-state index in [2.05, 4.69) is 4.98 Å². The van der Waals surface area contributed by atoms with E-state index in [1.807, 2.05) is 15.7 Å². The van der Waals surface area contributed by atoms with Crippen LogP contribution in [-0.2, 0) is 6.18 Å². The molecule has 3 N–H and O–H groups in total. The van der Waals surface area contributed by atoms with Crippen molar-refractivity contribution in [2.24, 2.45) is 0 Å². The molecule has 0 saturated carbocycles. The first-order valence-corrected chi connectivity index (χ1v) is 8.02. The molecule has 0 fully saturated rings. The monoisotopic (exact) mass is 381 g/mol. The maximum Gasteiger partial charge on any atom is 0.417 e. The Morgan fingerprint density at radius 2 is 1.88 bits per heavy atom. The molecule has 134 valence electrons. The van der Waals surface area contributed by atoms with Gasteiger partial charge in [-0.3, -0.25) is 14.4 Å². The van der Waals surface area contributed by atoms with Crippen LogP contribution in [0.5, 0.6) is 0 Å². The number of halogens is 3. The Labute approximate surface area is 147 Å². The van der Waals surface area contributed by atoms with E-state index < -0.39 is 34.5 Å². The van der Waals surface area contributed by atoms with Crippen LogP contribution in [0.2, 0.25) is 0 Å². The van der Waals surface area contributed by atoms with Crippen molar-refractivity contribution in [2.75, 3.05) is 5.32 Å². The molecule has 0 spiro atoms. The molecule has 0 aromatic carbocycles. The van der Waals surface area contributed by atoms with Crippen LogP contribution >= 0.6 is 11.3 Å². The number of pyridine rings is 2. The second-order valence-corrected chi connectivity index (χ2v) is 6.12. The van der Waals surface area contributed by atoms with Gasteiger partial charge in [0.2, 0.25) is 0 Å². The Kier molecular flexibility index (Phi) is 4.51. The minimum absolute atomic E-state index is 0.331. The molecule has 0 saturated heterocycles. The minimum Gasteiger partial charge on any atom is -0.327 e. The molecule has 3 aromatic heterocycles. The number of aromatic nitrogens is 2. The molecular formula is C16H10F3N3O3S. The number of carbonyl (C=O) groups excluding carboxylic acids is 1. The molecule has 0 radical (unpaired) electrons. The third kappa shape index (κ3) is 3.59. The van der Waals surface area contributed by atoms with Crippen LogP contribution < -0.4 is 16.4 Å². The number of hydrogen-bond acceptors (Lipinski definition) is 4. The van der Waals surface area contributed by atoms with Crippen molar-refractivity contribution in [1.82, 2.24) is 9.97 Å². The number of carbonyl (C=O) groups is 1. The quantitative estimate of drug-likeness (QED) is 0.651. The van der Waals surface area contributed by atoms with Gasteiger partial charge in [-0.2, -0.15) is 13.2 Å². The van der Waals surface area contributed by atoms with Crippen molar-refractivity contribution < 1.29 is 18.0 Å². The minimum atomic E-state index is -4.69. The Bertz CT molecular complexity index is 1070. The van der Waals surface area contributed by atoms with Crippen LogP contribution in [-0.4, -0.2) is 15.9 Å². The zero-order valence-electron chi connectivity index (χ0n) is 12.8. The second kappa shape index (κ2) is 6.64. The van der Waals surface area contributed by atoms with E-state index in [0.717, 1.165) is 4.88 Å². The fourth-order valence-electron chi connectivity index (χ4n) is 2.16. The fourth-order valence-corrected chi connectivity index (χ4v) is 2.86. The predicted octanol–water partition coefficient (Wildman–Crippen LogP) is 3.06. The first kappa shape index (κ1) is 17.7. The van der Waals surface area contributed by atoms with Gasteiger partial charge in [-0.05, 0) is 29.6 Å². The average Bonchev–Trinajstić information content (AvgIpc) is 3.10. The summed E-state index contributed by atoms with van der Waals surface area (Å²) >= 11 is 1.38. The molecule has 26 heavy (non-hydrogen) atoms. The normalized spacial score (nSPS) is 11.3. The number of H-pyrrole nitrogens is 2.